The van der Waals surface area contributed by atoms with Gasteiger partial charge in [-0.2, -0.15) is 0 Å². The first kappa shape index (κ1) is 13.8. The van der Waals surface area contributed by atoms with Crippen molar-refractivity contribution in [3.63, 3.8) is 0 Å². The van der Waals surface area contributed by atoms with Crippen LogP contribution in [0.5, 0.6) is 0 Å². The molecule has 0 unspecified atom stereocenters. The summed E-state index contributed by atoms with van der Waals surface area (Å²) in [5.74, 6) is -0.410. The van der Waals surface area contributed by atoms with Crippen molar-refractivity contribution in [3.05, 3.63) is 64.1 Å². The molecule has 0 radical (unpaired) electrons. The van der Waals surface area contributed by atoms with Gasteiger partial charge in [-0.25, -0.2) is 9.59 Å². The molecular weight excluding hydrogens is 282 g/mol. The number of imidazole rings is 1. The van der Waals surface area contributed by atoms with Gasteiger partial charge in [0.25, 0.3) is 0 Å². The standard InChI is InChI=1S/C16H13N3O3/c1-22-15(20)12-5-3-2-4-10(12)9-17-11-6-7-13-14(8-11)19-16(21)18-13/h2-9H,1H3,(H2,18,19,21). The molecule has 0 amide bonds. The summed E-state index contributed by atoms with van der Waals surface area (Å²) in [6.45, 7) is 0. The SMILES string of the molecule is COC(=O)c1ccccc1C=Nc1ccc2[nH]c(=O)[nH]c2c1. The fourth-order valence-electron chi connectivity index (χ4n) is 2.15. The lowest BCUT2D eigenvalue weighted by Crippen LogP contribution is -2.04. The smallest absolute Gasteiger partial charge is 0.338 e. The quantitative estimate of drug-likeness (QED) is 0.574. The highest BCUT2D eigenvalue weighted by molar-refractivity contribution is 6.00. The number of hydrogen-bond acceptors (Lipinski definition) is 4. The van der Waals surface area contributed by atoms with E-state index in [0.29, 0.717) is 22.3 Å². The number of aliphatic imine (C=N–C) groups is 1. The topological polar surface area (TPSA) is 87.3 Å². The fourth-order valence-corrected chi connectivity index (χ4v) is 2.15. The van der Waals surface area contributed by atoms with Gasteiger partial charge in [0.2, 0.25) is 0 Å². The second-order valence-corrected chi connectivity index (χ2v) is 4.65. The summed E-state index contributed by atoms with van der Waals surface area (Å²) in [6.07, 6.45) is 1.60. The first-order chi connectivity index (χ1) is 10.7. The summed E-state index contributed by atoms with van der Waals surface area (Å²) < 4.78 is 4.74. The van der Waals surface area contributed by atoms with E-state index in [0.717, 1.165) is 5.52 Å². The van der Waals surface area contributed by atoms with Gasteiger partial charge in [-0.05, 0) is 24.3 Å². The third kappa shape index (κ3) is 2.67. The first-order valence-electron chi connectivity index (χ1n) is 6.61. The Balaban J connectivity index is 1.95. The van der Waals surface area contributed by atoms with E-state index >= 15 is 0 Å². The highest BCUT2D eigenvalue weighted by Gasteiger charge is 2.09. The largest absolute Gasteiger partial charge is 0.465 e. The number of nitrogens with one attached hydrogen (secondary N) is 2. The first-order valence-corrected chi connectivity index (χ1v) is 6.61. The zero-order valence-corrected chi connectivity index (χ0v) is 11.8. The predicted molar refractivity (Wildman–Crippen MR) is 84.0 cm³/mol. The lowest BCUT2D eigenvalue weighted by Gasteiger charge is -2.02. The molecule has 0 bridgehead atoms. The minimum absolute atomic E-state index is 0.257. The number of carbonyl (C=O) groups is 1. The number of methoxy groups -OCH3 is 1. The molecule has 0 aliphatic heterocycles. The molecule has 1 aromatic heterocycles. The van der Waals surface area contributed by atoms with E-state index in [9.17, 15) is 9.59 Å². The van der Waals surface area contributed by atoms with Gasteiger partial charge in [0.15, 0.2) is 0 Å². The zero-order chi connectivity index (χ0) is 15.5. The summed E-state index contributed by atoms with van der Waals surface area (Å²) in [6, 6.07) is 12.4. The van der Waals surface area contributed by atoms with Gasteiger partial charge in [-0.3, -0.25) is 4.99 Å². The molecule has 0 atom stereocenters. The van der Waals surface area contributed by atoms with Gasteiger partial charge in [0, 0.05) is 11.8 Å². The Hall–Kier alpha value is -3.15. The van der Waals surface area contributed by atoms with Crippen molar-refractivity contribution in [3.8, 4) is 0 Å². The van der Waals surface area contributed by atoms with Crippen molar-refractivity contribution in [2.75, 3.05) is 7.11 Å². The van der Waals surface area contributed by atoms with Crippen molar-refractivity contribution in [2.45, 2.75) is 0 Å². The minimum atomic E-state index is -0.410. The number of aromatic nitrogens is 2. The Morgan fingerprint density at radius 3 is 2.73 bits per heavy atom. The Morgan fingerprint density at radius 2 is 1.91 bits per heavy atom. The van der Waals surface area contributed by atoms with Gasteiger partial charge in [-0.15, -0.1) is 0 Å². The predicted octanol–water partition coefficient (Wildman–Crippen LogP) is 2.39. The van der Waals surface area contributed by atoms with E-state index in [1.165, 1.54) is 7.11 Å². The maximum atomic E-state index is 11.7. The monoisotopic (exact) mass is 295 g/mol. The second kappa shape index (κ2) is 5.69. The number of carbonyl (C=O) groups excluding carboxylic acids is 1. The number of esters is 1. The Kier molecular flexibility index (Phi) is 3.57. The fraction of sp³-hybridized carbons (Fsp3) is 0.0625. The molecule has 3 rings (SSSR count). The van der Waals surface area contributed by atoms with Crippen LogP contribution in [0.25, 0.3) is 11.0 Å². The van der Waals surface area contributed by atoms with Gasteiger partial charge >= 0.3 is 11.7 Å². The number of fused-ring (bicyclic) bond motifs is 1. The van der Waals surface area contributed by atoms with E-state index in [1.54, 1.807) is 42.6 Å². The molecule has 6 heteroatoms. The molecule has 0 aliphatic rings. The van der Waals surface area contributed by atoms with Crippen LogP contribution in [0.4, 0.5) is 5.69 Å². The van der Waals surface area contributed by atoms with Crippen LogP contribution >= 0.6 is 0 Å². The number of ether oxygens (including phenoxy) is 1. The maximum absolute atomic E-state index is 11.7. The van der Waals surface area contributed by atoms with Crippen molar-refractivity contribution in [1.29, 1.82) is 0 Å². The Labute approximate surface area is 125 Å². The summed E-state index contributed by atoms with van der Waals surface area (Å²) in [5.41, 5.74) is 2.93. The number of aromatic amines is 2. The number of nitrogens with zero attached hydrogens (tertiary/aromatic N) is 1. The van der Waals surface area contributed by atoms with E-state index in [2.05, 4.69) is 15.0 Å². The molecule has 110 valence electrons. The van der Waals surface area contributed by atoms with Crippen molar-refractivity contribution >= 4 is 28.9 Å². The summed E-state index contributed by atoms with van der Waals surface area (Å²) in [7, 11) is 1.34. The molecule has 6 nitrogen and oxygen atoms in total. The van der Waals surface area contributed by atoms with Crippen LogP contribution in [0.2, 0.25) is 0 Å². The lowest BCUT2D eigenvalue weighted by atomic mass is 10.1. The van der Waals surface area contributed by atoms with Crippen LogP contribution in [0.15, 0.2) is 52.3 Å². The normalized spacial score (nSPS) is 11.1. The number of rotatable bonds is 3. The molecule has 0 fully saturated rings. The Bertz CT molecular complexity index is 922. The molecule has 1 heterocycles. The van der Waals surface area contributed by atoms with Gasteiger partial charge in [0.1, 0.15) is 0 Å². The highest BCUT2D eigenvalue weighted by Crippen LogP contribution is 2.18. The Morgan fingerprint density at radius 1 is 1.14 bits per heavy atom. The molecular formula is C16H13N3O3. The third-order valence-electron chi connectivity index (χ3n) is 3.22. The average molecular weight is 295 g/mol. The zero-order valence-electron chi connectivity index (χ0n) is 11.8. The van der Waals surface area contributed by atoms with Crippen LogP contribution in [-0.4, -0.2) is 29.3 Å². The van der Waals surface area contributed by atoms with Crippen LogP contribution in [0.1, 0.15) is 15.9 Å². The lowest BCUT2D eigenvalue weighted by molar-refractivity contribution is 0.0600. The molecule has 22 heavy (non-hydrogen) atoms. The molecule has 3 aromatic rings. The molecule has 2 aromatic carbocycles. The van der Waals surface area contributed by atoms with Crippen molar-refractivity contribution < 1.29 is 9.53 Å². The van der Waals surface area contributed by atoms with Crippen molar-refractivity contribution in [1.82, 2.24) is 9.97 Å². The number of H-pyrrole nitrogens is 2. The second-order valence-electron chi connectivity index (χ2n) is 4.65. The maximum Gasteiger partial charge on any atom is 0.338 e. The van der Waals surface area contributed by atoms with Crippen LogP contribution in [-0.2, 0) is 4.74 Å². The average Bonchev–Trinajstić information content (AvgIpc) is 2.91. The minimum Gasteiger partial charge on any atom is -0.465 e. The summed E-state index contributed by atoms with van der Waals surface area (Å²) >= 11 is 0. The number of hydrogen-bond donors (Lipinski definition) is 2. The van der Waals surface area contributed by atoms with E-state index in [4.69, 9.17) is 4.74 Å². The highest BCUT2D eigenvalue weighted by atomic mass is 16.5. The van der Waals surface area contributed by atoms with Crippen LogP contribution in [0, 0.1) is 0 Å². The molecule has 0 aliphatic carbocycles. The van der Waals surface area contributed by atoms with Crippen molar-refractivity contribution in [2.24, 2.45) is 4.99 Å². The van der Waals surface area contributed by atoms with Gasteiger partial charge in [-0.1, -0.05) is 18.2 Å². The van der Waals surface area contributed by atoms with Crippen LogP contribution in [0.3, 0.4) is 0 Å². The van der Waals surface area contributed by atoms with E-state index in [1.807, 2.05) is 6.07 Å². The van der Waals surface area contributed by atoms with Gasteiger partial charge in [0.05, 0.1) is 29.4 Å². The molecule has 0 saturated carbocycles. The third-order valence-corrected chi connectivity index (χ3v) is 3.22. The molecule has 0 saturated heterocycles. The van der Waals surface area contributed by atoms with Crippen LogP contribution < -0.4 is 5.69 Å². The van der Waals surface area contributed by atoms with E-state index < -0.39 is 5.97 Å². The van der Waals surface area contributed by atoms with E-state index in [-0.39, 0.29) is 5.69 Å². The molecule has 0 spiro atoms. The molecule has 2 N–H and O–H groups in total. The summed E-state index contributed by atoms with van der Waals surface area (Å²) in [4.78, 5) is 32.6. The summed E-state index contributed by atoms with van der Waals surface area (Å²) in [5, 5.41) is 0. The number of benzene rings is 2. The van der Waals surface area contributed by atoms with Gasteiger partial charge < -0.3 is 14.7 Å².